The first-order valence-corrected chi connectivity index (χ1v) is 14.9. The van der Waals surface area contributed by atoms with Crippen molar-refractivity contribution in [3.63, 3.8) is 0 Å². The fraction of sp³-hybridized carbons (Fsp3) is 0.333. The molecule has 43 heavy (non-hydrogen) atoms. The van der Waals surface area contributed by atoms with Gasteiger partial charge in [0.2, 0.25) is 5.91 Å². The number of carbonyl (C=O) groups is 1. The van der Waals surface area contributed by atoms with E-state index < -0.39 is 5.82 Å². The van der Waals surface area contributed by atoms with Crippen LogP contribution in [0.5, 0.6) is 0 Å². The minimum Gasteiger partial charge on any atom is -0.398 e. The number of nitrogen functional groups attached to an aromatic ring is 1. The quantitative estimate of drug-likeness (QED) is 0.235. The molecule has 0 aliphatic carbocycles. The number of aryl methyl sites for hydroxylation is 1. The van der Waals surface area contributed by atoms with E-state index in [1.165, 1.54) is 18.2 Å². The SMILES string of the molecule is C=CC(=O)N1CC2CCc3c(c4cc(Cl)c(-c5c(N)cccc5F)nc4n(-c4c(C)ccnc4C(C)C)c3=O)N2CC1C. The lowest BCUT2D eigenvalue weighted by Crippen LogP contribution is -2.60. The molecule has 4 aromatic rings. The first kappa shape index (κ1) is 28.9. The maximum atomic E-state index is 15.2. The van der Waals surface area contributed by atoms with Gasteiger partial charge in [-0.2, -0.15) is 0 Å². The van der Waals surface area contributed by atoms with Gasteiger partial charge < -0.3 is 15.5 Å². The van der Waals surface area contributed by atoms with Gasteiger partial charge in [-0.3, -0.25) is 19.1 Å². The number of aromatic nitrogens is 3. The zero-order valence-corrected chi connectivity index (χ0v) is 25.5. The normalized spacial score (nSPS) is 18.1. The molecule has 0 saturated carbocycles. The monoisotopic (exact) mass is 600 g/mol. The highest BCUT2D eigenvalue weighted by molar-refractivity contribution is 6.34. The zero-order valence-electron chi connectivity index (χ0n) is 24.7. The van der Waals surface area contributed by atoms with Gasteiger partial charge in [-0.05, 0) is 68.5 Å². The van der Waals surface area contributed by atoms with Crippen molar-refractivity contribution in [1.29, 1.82) is 0 Å². The van der Waals surface area contributed by atoms with Crippen LogP contribution in [0.4, 0.5) is 15.8 Å². The van der Waals surface area contributed by atoms with Crippen molar-refractivity contribution in [1.82, 2.24) is 19.4 Å². The molecular formula is C33H34ClFN6O2. The number of hydrogen-bond donors (Lipinski definition) is 1. The van der Waals surface area contributed by atoms with Crippen molar-refractivity contribution in [2.75, 3.05) is 23.7 Å². The molecule has 1 amide bonds. The number of amides is 1. The van der Waals surface area contributed by atoms with E-state index in [0.717, 1.165) is 16.9 Å². The molecule has 2 N–H and O–H groups in total. The van der Waals surface area contributed by atoms with Gasteiger partial charge in [0.25, 0.3) is 5.56 Å². The van der Waals surface area contributed by atoms with Gasteiger partial charge in [-0.1, -0.05) is 38.1 Å². The number of anilines is 2. The van der Waals surface area contributed by atoms with Gasteiger partial charge in [0.15, 0.2) is 0 Å². The lowest BCUT2D eigenvalue weighted by Gasteiger charge is -2.49. The van der Waals surface area contributed by atoms with Crippen molar-refractivity contribution < 1.29 is 9.18 Å². The average Bonchev–Trinajstić information content (AvgIpc) is 2.97. The van der Waals surface area contributed by atoms with E-state index in [1.807, 2.05) is 38.7 Å². The highest BCUT2D eigenvalue weighted by Gasteiger charge is 2.39. The smallest absolute Gasteiger partial charge is 0.262 e. The predicted octanol–water partition coefficient (Wildman–Crippen LogP) is 5.79. The number of pyridine rings is 3. The standard InChI is InChI=1S/C33H34ClFN6O2/c1-6-26(42)39-16-20-10-11-21-31(40(20)15-19(39)5)22-14-23(34)29(27-24(35)8-7-9-25(27)36)38-32(22)41(33(21)43)30-18(4)12-13-37-28(30)17(2)3/h6-9,12-14,17,19-20H,1,10-11,15-16,36H2,2-5H3. The molecule has 2 aliphatic heterocycles. The molecule has 222 valence electrons. The fourth-order valence-electron chi connectivity index (χ4n) is 6.62. The predicted molar refractivity (Wildman–Crippen MR) is 170 cm³/mol. The van der Waals surface area contributed by atoms with Crippen molar-refractivity contribution in [3.8, 4) is 16.9 Å². The van der Waals surface area contributed by atoms with Crippen LogP contribution in [0, 0.1) is 12.7 Å². The van der Waals surface area contributed by atoms with Crippen molar-refractivity contribution >= 4 is 39.9 Å². The van der Waals surface area contributed by atoms with Crippen molar-refractivity contribution in [2.24, 2.45) is 0 Å². The second-order valence-corrected chi connectivity index (χ2v) is 12.2. The van der Waals surface area contributed by atoms with Crippen LogP contribution in [0.25, 0.3) is 28.0 Å². The summed E-state index contributed by atoms with van der Waals surface area (Å²) in [5.74, 6) is -0.649. The van der Waals surface area contributed by atoms with E-state index in [1.54, 1.807) is 22.9 Å². The summed E-state index contributed by atoms with van der Waals surface area (Å²) in [5.41, 5.74) is 10.5. The van der Waals surface area contributed by atoms with E-state index in [9.17, 15) is 9.59 Å². The molecule has 0 radical (unpaired) electrons. The first-order chi connectivity index (χ1) is 20.5. The summed E-state index contributed by atoms with van der Waals surface area (Å²) in [4.78, 5) is 40.9. The van der Waals surface area contributed by atoms with Crippen LogP contribution in [-0.4, -0.2) is 50.5 Å². The Bertz CT molecular complexity index is 1850. The molecule has 6 rings (SSSR count). The van der Waals surface area contributed by atoms with Crippen LogP contribution in [0.15, 0.2) is 54.0 Å². The third kappa shape index (κ3) is 4.57. The molecule has 1 aromatic carbocycles. The van der Waals surface area contributed by atoms with E-state index in [0.29, 0.717) is 48.2 Å². The van der Waals surface area contributed by atoms with Crippen LogP contribution in [0.2, 0.25) is 5.02 Å². The number of nitrogens with zero attached hydrogens (tertiary/aromatic N) is 5. The topological polar surface area (TPSA) is 97.4 Å². The molecule has 2 aliphatic rings. The number of carbonyl (C=O) groups excluding carboxylic acids is 1. The number of hydrogen-bond acceptors (Lipinski definition) is 6. The van der Waals surface area contributed by atoms with E-state index in [2.05, 4.69) is 16.5 Å². The van der Waals surface area contributed by atoms with E-state index in [4.69, 9.17) is 22.3 Å². The van der Waals surface area contributed by atoms with Gasteiger partial charge in [-0.15, -0.1) is 0 Å². The molecule has 8 nitrogen and oxygen atoms in total. The van der Waals surface area contributed by atoms with Gasteiger partial charge in [0, 0.05) is 48.0 Å². The lowest BCUT2D eigenvalue weighted by atomic mass is 9.91. The Hall–Kier alpha value is -4.24. The summed E-state index contributed by atoms with van der Waals surface area (Å²) in [5, 5.41) is 0.899. The van der Waals surface area contributed by atoms with Crippen LogP contribution >= 0.6 is 11.6 Å². The van der Waals surface area contributed by atoms with Crippen LogP contribution < -0.4 is 16.2 Å². The molecule has 1 saturated heterocycles. The number of benzene rings is 1. The van der Waals surface area contributed by atoms with Gasteiger partial charge in [0.05, 0.1) is 33.3 Å². The Labute approximate surface area is 254 Å². The second-order valence-electron chi connectivity index (χ2n) is 11.8. The van der Waals surface area contributed by atoms with Crippen LogP contribution in [0.3, 0.4) is 0 Å². The van der Waals surface area contributed by atoms with Gasteiger partial charge >= 0.3 is 0 Å². The third-order valence-corrected chi connectivity index (χ3v) is 8.98. The fourth-order valence-corrected chi connectivity index (χ4v) is 6.87. The Morgan fingerprint density at radius 2 is 2.00 bits per heavy atom. The van der Waals surface area contributed by atoms with Crippen LogP contribution in [0.1, 0.15) is 49.9 Å². The van der Waals surface area contributed by atoms with Crippen molar-refractivity contribution in [2.45, 2.75) is 58.5 Å². The van der Waals surface area contributed by atoms with Crippen LogP contribution in [-0.2, 0) is 11.2 Å². The summed E-state index contributed by atoms with van der Waals surface area (Å²) in [6.45, 7) is 12.7. The molecule has 10 heteroatoms. The number of rotatable bonds is 4. The molecular weight excluding hydrogens is 567 g/mol. The molecule has 0 bridgehead atoms. The highest BCUT2D eigenvalue weighted by atomic mass is 35.5. The number of fused-ring (bicyclic) bond motifs is 5. The van der Waals surface area contributed by atoms with E-state index in [-0.39, 0.29) is 51.4 Å². The maximum Gasteiger partial charge on any atom is 0.262 e. The highest BCUT2D eigenvalue weighted by Crippen LogP contribution is 2.42. The second kappa shape index (κ2) is 10.8. The maximum absolute atomic E-state index is 15.2. The molecule has 0 spiro atoms. The largest absolute Gasteiger partial charge is 0.398 e. The molecule has 3 aromatic heterocycles. The minimum absolute atomic E-state index is 0.00179. The zero-order chi connectivity index (χ0) is 30.7. The Morgan fingerprint density at radius 3 is 2.70 bits per heavy atom. The summed E-state index contributed by atoms with van der Waals surface area (Å²) < 4.78 is 16.8. The Morgan fingerprint density at radius 1 is 1.23 bits per heavy atom. The summed E-state index contributed by atoms with van der Waals surface area (Å²) >= 11 is 6.90. The summed E-state index contributed by atoms with van der Waals surface area (Å²) in [7, 11) is 0. The number of nitrogens with two attached hydrogens (primary N) is 1. The molecule has 5 heterocycles. The van der Waals surface area contributed by atoms with Crippen molar-refractivity contribution in [3.05, 3.63) is 87.2 Å². The summed E-state index contributed by atoms with van der Waals surface area (Å²) in [6, 6.07) is 7.97. The lowest BCUT2D eigenvalue weighted by molar-refractivity contribution is -0.129. The molecule has 1 fully saturated rings. The van der Waals surface area contributed by atoms with Gasteiger partial charge in [-0.25, -0.2) is 9.37 Å². The first-order valence-electron chi connectivity index (χ1n) is 14.5. The van der Waals surface area contributed by atoms with E-state index >= 15 is 4.39 Å². The molecule has 2 unspecified atom stereocenters. The average molecular weight is 601 g/mol. The van der Waals surface area contributed by atoms with Gasteiger partial charge in [0.1, 0.15) is 11.5 Å². The Kier molecular flexibility index (Phi) is 7.24. The minimum atomic E-state index is -0.557. The third-order valence-electron chi connectivity index (χ3n) is 8.69. The Balaban J connectivity index is 1.70. The number of halogens is 2. The number of piperazine rings is 1. The molecule has 2 atom stereocenters. The summed E-state index contributed by atoms with van der Waals surface area (Å²) in [6.07, 6.45) is 4.31.